The number of aromatic nitrogens is 3. The molecule has 1 aromatic carbocycles. The molecule has 18 heavy (non-hydrogen) atoms. The Kier molecular flexibility index (Phi) is 2.78. The van der Waals surface area contributed by atoms with Crippen molar-refractivity contribution in [3.63, 3.8) is 0 Å². The molecule has 0 fully saturated rings. The lowest BCUT2D eigenvalue weighted by atomic mass is 10.1. The summed E-state index contributed by atoms with van der Waals surface area (Å²) in [5, 5.41) is 8.94. The Morgan fingerprint density at radius 2 is 2.17 bits per heavy atom. The highest BCUT2D eigenvalue weighted by Crippen LogP contribution is 2.20. The normalized spacial score (nSPS) is 10.9. The van der Waals surface area contributed by atoms with Crippen LogP contribution in [0.4, 0.5) is 0 Å². The Bertz CT molecular complexity index is 661. The fourth-order valence-electron chi connectivity index (χ4n) is 1.98. The molecular formula is C14H13N3O. The van der Waals surface area contributed by atoms with Gasteiger partial charge in [0.15, 0.2) is 0 Å². The van der Waals surface area contributed by atoms with Crippen molar-refractivity contribution in [2.24, 2.45) is 0 Å². The van der Waals surface area contributed by atoms with Crippen LogP contribution in [0.2, 0.25) is 0 Å². The number of rotatable bonds is 3. The van der Waals surface area contributed by atoms with Gasteiger partial charge in [0.2, 0.25) is 0 Å². The molecule has 0 atom stereocenters. The van der Waals surface area contributed by atoms with E-state index in [0.29, 0.717) is 6.42 Å². The maximum absolute atomic E-state index is 8.94. The number of nitrogens with one attached hydrogen (secondary N) is 1. The van der Waals surface area contributed by atoms with Gasteiger partial charge in [-0.05, 0) is 36.2 Å². The highest BCUT2D eigenvalue weighted by atomic mass is 16.2. The van der Waals surface area contributed by atoms with Crippen molar-refractivity contribution < 1.29 is 5.11 Å². The van der Waals surface area contributed by atoms with Crippen molar-refractivity contribution in [1.29, 1.82) is 0 Å². The molecule has 3 aromatic rings. The van der Waals surface area contributed by atoms with E-state index in [1.54, 1.807) is 12.4 Å². The van der Waals surface area contributed by atoms with Gasteiger partial charge in [-0.25, -0.2) is 4.98 Å². The molecule has 0 amide bonds. The standard InChI is InChI=1S/C14H13N3O/c18-7-5-10-3-4-12-13(8-10)17-14(16-12)11-2-1-6-15-9-11/h1-4,6,8-9,18H,5,7H2,(H,16,17). The number of aliphatic hydroxyl groups excluding tert-OH is 1. The minimum absolute atomic E-state index is 0.162. The Labute approximate surface area is 104 Å². The molecule has 0 bridgehead atoms. The molecule has 4 nitrogen and oxygen atoms in total. The number of benzene rings is 1. The molecule has 90 valence electrons. The van der Waals surface area contributed by atoms with Crippen LogP contribution in [0.15, 0.2) is 42.7 Å². The predicted molar refractivity (Wildman–Crippen MR) is 70.1 cm³/mol. The van der Waals surface area contributed by atoms with Crippen LogP contribution < -0.4 is 0 Å². The first-order chi connectivity index (χ1) is 8.86. The van der Waals surface area contributed by atoms with Crippen LogP contribution in [0.5, 0.6) is 0 Å². The summed E-state index contributed by atoms with van der Waals surface area (Å²) in [5.41, 5.74) is 3.99. The summed E-state index contributed by atoms with van der Waals surface area (Å²) in [6.45, 7) is 0.162. The highest BCUT2D eigenvalue weighted by Gasteiger charge is 2.05. The number of fused-ring (bicyclic) bond motifs is 1. The molecule has 0 radical (unpaired) electrons. The van der Waals surface area contributed by atoms with Crippen molar-refractivity contribution in [2.75, 3.05) is 6.61 Å². The summed E-state index contributed by atoms with van der Waals surface area (Å²) in [7, 11) is 0. The van der Waals surface area contributed by atoms with Gasteiger partial charge in [-0.3, -0.25) is 4.98 Å². The topological polar surface area (TPSA) is 61.8 Å². The van der Waals surface area contributed by atoms with E-state index < -0.39 is 0 Å². The van der Waals surface area contributed by atoms with Crippen LogP contribution in [0.3, 0.4) is 0 Å². The first-order valence-electron chi connectivity index (χ1n) is 5.87. The van der Waals surface area contributed by atoms with E-state index in [2.05, 4.69) is 15.0 Å². The Hall–Kier alpha value is -2.20. The molecule has 3 rings (SSSR count). The molecule has 0 aliphatic heterocycles. The molecule has 0 aliphatic rings. The Balaban J connectivity index is 2.06. The third-order valence-corrected chi connectivity index (χ3v) is 2.88. The van der Waals surface area contributed by atoms with Gasteiger partial charge in [0, 0.05) is 24.6 Å². The van der Waals surface area contributed by atoms with Crippen molar-refractivity contribution in [3.8, 4) is 11.4 Å². The number of hydrogen-bond donors (Lipinski definition) is 2. The molecule has 0 spiro atoms. The zero-order valence-electron chi connectivity index (χ0n) is 9.80. The summed E-state index contributed by atoms with van der Waals surface area (Å²) < 4.78 is 0. The van der Waals surface area contributed by atoms with Crippen molar-refractivity contribution in [2.45, 2.75) is 6.42 Å². The number of aliphatic hydroxyl groups is 1. The number of imidazole rings is 1. The van der Waals surface area contributed by atoms with E-state index in [1.807, 2.05) is 30.3 Å². The number of H-pyrrole nitrogens is 1. The lowest BCUT2D eigenvalue weighted by molar-refractivity contribution is 0.299. The second-order valence-corrected chi connectivity index (χ2v) is 4.15. The van der Waals surface area contributed by atoms with Gasteiger partial charge in [-0.15, -0.1) is 0 Å². The van der Waals surface area contributed by atoms with Crippen molar-refractivity contribution in [1.82, 2.24) is 15.0 Å². The molecule has 2 heterocycles. The second-order valence-electron chi connectivity index (χ2n) is 4.15. The molecule has 0 saturated heterocycles. The summed E-state index contributed by atoms with van der Waals surface area (Å²) in [4.78, 5) is 11.9. The van der Waals surface area contributed by atoms with Gasteiger partial charge in [-0.2, -0.15) is 0 Å². The first-order valence-corrected chi connectivity index (χ1v) is 5.87. The SMILES string of the molecule is OCCc1ccc2nc(-c3cccnc3)[nH]c2c1. The molecule has 0 aliphatic carbocycles. The number of nitrogens with zero attached hydrogens (tertiary/aromatic N) is 2. The quantitative estimate of drug-likeness (QED) is 0.736. The molecule has 0 saturated carbocycles. The molecule has 2 aromatic heterocycles. The lowest BCUT2D eigenvalue weighted by Gasteiger charge is -1.96. The average Bonchev–Trinajstić information content (AvgIpc) is 2.83. The van der Waals surface area contributed by atoms with Gasteiger partial charge >= 0.3 is 0 Å². The number of aromatic amines is 1. The first kappa shape index (κ1) is 10.9. The van der Waals surface area contributed by atoms with Gasteiger partial charge in [0.05, 0.1) is 11.0 Å². The minimum Gasteiger partial charge on any atom is -0.396 e. The van der Waals surface area contributed by atoms with Gasteiger partial charge in [0.25, 0.3) is 0 Å². The van der Waals surface area contributed by atoms with E-state index in [1.165, 1.54) is 0 Å². The summed E-state index contributed by atoms with van der Waals surface area (Å²) >= 11 is 0. The third-order valence-electron chi connectivity index (χ3n) is 2.88. The Morgan fingerprint density at radius 1 is 1.22 bits per heavy atom. The smallest absolute Gasteiger partial charge is 0.140 e. The van der Waals surface area contributed by atoms with E-state index >= 15 is 0 Å². The number of hydrogen-bond acceptors (Lipinski definition) is 3. The van der Waals surface area contributed by atoms with Crippen LogP contribution in [0, 0.1) is 0 Å². The van der Waals surface area contributed by atoms with Crippen LogP contribution in [-0.4, -0.2) is 26.7 Å². The summed E-state index contributed by atoms with van der Waals surface area (Å²) in [6.07, 6.45) is 4.19. The second kappa shape index (κ2) is 4.58. The van der Waals surface area contributed by atoms with Crippen LogP contribution >= 0.6 is 0 Å². The van der Waals surface area contributed by atoms with Gasteiger partial charge in [0.1, 0.15) is 5.82 Å². The van der Waals surface area contributed by atoms with E-state index in [-0.39, 0.29) is 6.61 Å². The highest BCUT2D eigenvalue weighted by molar-refractivity contribution is 5.79. The van der Waals surface area contributed by atoms with Crippen LogP contribution in [0.25, 0.3) is 22.4 Å². The van der Waals surface area contributed by atoms with Crippen molar-refractivity contribution >= 4 is 11.0 Å². The largest absolute Gasteiger partial charge is 0.396 e. The average molecular weight is 239 g/mol. The molecule has 4 heteroatoms. The van der Waals surface area contributed by atoms with E-state index in [4.69, 9.17) is 5.11 Å². The van der Waals surface area contributed by atoms with E-state index in [9.17, 15) is 0 Å². The zero-order valence-corrected chi connectivity index (χ0v) is 9.80. The van der Waals surface area contributed by atoms with Gasteiger partial charge < -0.3 is 10.1 Å². The summed E-state index contributed by atoms with van der Waals surface area (Å²) in [5.74, 6) is 0.819. The van der Waals surface area contributed by atoms with Crippen LogP contribution in [-0.2, 0) is 6.42 Å². The van der Waals surface area contributed by atoms with Gasteiger partial charge in [-0.1, -0.05) is 6.07 Å². The molecule has 2 N–H and O–H groups in total. The predicted octanol–water partition coefficient (Wildman–Crippen LogP) is 2.16. The fourth-order valence-corrected chi connectivity index (χ4v) is 1.98. The van der Waals surface area contributed by atoms with Crippen molar-refractivity contribution in [3.05, 3.63) is 48.3 Å². The number of pyridine rings is 1. The monoisotopic (exact) mass is 239 g/mol. The molecule has 0 unspecified atom stereocenters. The zero-order chi connectivity index (χ0) is 12.4. The fraction of sp³-hybridized carbons (Fsp3) is 0.143. The van der Waals surface area contributed by atoms with E-state index in [0.717, 1.165) is 28.0 Å². The maximum Gasteiger partial charge on any atom is 0.140 e. The lowest BCUT2D eigenvalue weighted by Crippen LogP contribution is -1.89. The maximum atomic E-state index is 8.94. The summed E-state index contributed by atoms with van der Waals surface area (Å²) in [6, 6.07) is 9.85. The molecular weight excluding hydrogens is 226 g/mol. The third kappa shape index (κ3) is 1.98. The van der Waals surface area contributed by atoms with Crippen LogP contribution in [0.1, 0.15) is 5.56 Å². The Morgan fingerprint density at radius 3 is 2.94 bits per heavy atom. The minimum atomic E-state index is 0.162.